The second-order valence-corrected chi connectivity index (χ2v) is 6.86. The smallest absolute Gasteiger partial charge is 0.254 e. The number of hydrogen-bond donors (Lipinski definition) is 1. The van der Waals surface area contributed by atoms with Crippen LogP contribution in [0.4, 0.5) is 0 Å². The number of aromatic nitrogens is 5. The van der Waals surface area contributed by atoms with E-state index >= 15 is 0 Å². The molecule has 0 fully saturated rings. The number of fused-ring (bicyclic) bond motifs is 2. The van der Waals surface area contributed by atoms with Crippen LogP contribution >= 0.6 is 0 Å². The first kappa shape index (κ1) is 16.7. The largest absolute Gasteiger partial charge is 0.305 e. The number of rotatable bonds is 3. The molecule has 4 heterocycles. The molecule has 0 unspecified atom stereocenters. The maximum atomic E-state index is 12.5. The number of nitrogens with one attached hydrogen (secondary N) is 1. The van der Waals surface area contributed by atoms with Gasteiger partial charge >= 0.3 is 0 Å². The van der Waals surface area contributed by atoms with Crippen molar-refractivity contribution in [3.05, 3.63) is 82.2 Å². The van der Waals surface area contributed by atoms with E-state index in [9.17, 15) is 4.79 Å². The van der Waals surface area contributed by atoms with E-state index in [1.54, 1.807) is 18.6 Å². The average molecular weight is 370 g/mol. The number of H-pyrrole nitrogens is 1. The van der Waals surface area contributed by atoms with Crippen LogP contribution in [-0.4, -0.2) is 36.4 Å². The van der Waals surface area contributed by atoms with Gasteiger partial charge in [0.05, 0.1) is 16.7 Å². The molecule has 3 aromatic heterocycles. The number of para-hydroxylation sites is 1. The molecule has 1 aliphatic heterocycles. The van der Waals surface area contributed by atoms with E-state index in [1.165, 1.54) is 0 Å². The van der Waals surface area contributed by atoms with Gasteiger partial charge in [-0.3, -0.25) is 24.6 Å². The Morgan fingerprint density at radius 3 is 2.82 bits per heavy atom. The van der Waals surface area contributed by atoms with Gasteiger partial charge in [-0.2, -0.15) is 0 Å². The van der Waals surface area contributed by atoms with Crippen molar-refractivity contribution in [1.29, 1.82) is 0 Å². The molecule has 28 heavy (non-hydrogen) atoms. The topological polar surface area (TPSA) is 87.7 Å². The van der Waals surface area contributed by atoms with Crippen molar-refractivity contribution in [2.24, 2.45) is 0 Å². The van der Waals surface area contributed by atoms with Crippen LogP contribution in [-0.2, 0) is 19.5 Å². The van der Waals surface area contributed by atoms with Gasteiger partial charge in [0.2, 0.25) is 0 Å². The van der Waals surface area contributed by atoms with Crippen LogP contribution in [0.25, 0.3) is 22.6 Å². The highest BCUT2D eigenvalue weighted by molar-refractivity contribution is 5.77. The minimum atomic E-state index is -0.0682. The Bertz CT molecular complexity index is 1200. The normalized spacial score (nSPS) is 14.1. The van der Waals surface area contributed by atoms with Crippen LogP contribution in [0.5, 0.6) is 0 Å². The fraction of sp³-hybridized carbons (Fsp3) is 0.190. The van der Waals surface area contributed by atoms with Gasteiger partial charge in [-0.1, -0.05) is 18.2 Å². The van der Waals surface area contributed by atoms with Crippen molar-refractivity contribution >= 4 is 11.0 Å². The van der Waals surface area contributed by atoms with Gasteiger partial charge in [0.15, 0.2) is 5.82 Å². The molecule has 138 valence electrons. The third-order valence-corrected chi connectivity index (χ3v) is 5.04. The van der Waals surface area contributed by atoms with Gasteiger partial charge < -0.3 is 4.98 Å². The van der Waals surface area contributed by atoms with Crippen molar-refractivity contribution in [2.45, 2.75) is 19.5 Å². The highest BCUT2D eigenvalue weighted by atomic mass is 16.1. The number of pyridine rings is 1. The van der Waals surface area contributed by atoms with Gasteiger partial charge in [0, 0.05) is 43.8 Å². The van der Waals surface area contributed by atoms with Crippen LogP contribution in [0, 0.1) is 0 Å². The summed E-state index contributed by atoms with van der Waals surface area (Å²) in [6.45, 7) is 2.16. The molecule has 0 aliphatic carbocycles. The molecular weight excluding hydrogens is 352 g/mol. The zero-order chi connectivity index (χ0) is 18.9. The van der Waals surface area contributed by atoms with E-state index in [-0.39, 0.29) is 5.56 Å². The van der Waals surface area contributed by atoms with Crippen molar-refractivity contribution in [3.63, 3.8) is 0 Å². The Labute approximate surface area is 161 Å². The summed E-state index contributed by atoms with van der Waals surface area (Å²) in [5.74, 6) is 0.516. The molecule has 7 nitrogen and oxygen atoms in total. The van der Waals surface area contributed by atoms with Gasteiger partial charge in [0.1, 0.15) is 5.69 Å². The van der Waals surface area contributed by atoms with E-state index in [4.69, 9.17) is 4.98 Å². The monoisotopic (exact) mass is 370 g/mol. The fourth-order valence-corrected chi connectivity index (χ4v) is 3.67. The van der Waals surface area contributed by atoms with Crippen LogP contribution < -0.4 is 5.56 Å². The van der Waals surface area contributed by atoms with Crippen molar-refractivity contribution < 1.29 is 0 Å². The number of nitrogens with zero attached hydrogens (tertiary/aromatic N) is 5. The predicted octanol–water partition coefficient (Wildman–Crippen LogP) is 2.33. The Morgan fingerprint density at radius 1 is 1.00 bits per heavy atom. The summed E-state index contributed by atoms with van der Waals surface area (Å²) in [5.41, 5.74) is 5.14. The molecule has 4 aromatic rings. The molecule has 0 saturated carbocycles. The van der Waals surface area contributed by atoms with Gasteiger partial charge in [-0.25, -0.2) is 4.98 Å². The van der Waals surface area contributed by atoms with Crippen LogP contribution in [0.1, 0.15) is 16.8 Å². The standard InChI is InChI=1S/C21H18N6O/c28-21-15-7-11-27(12-14-4-3-6-16-19(14)24-10-9-23-16)13-18(15)25-20(26-21)17-5-1-2-8-22-17/h1-6,8-10H,7,11-13H2,(H,25,26,28). The van der Waals surface area contributed by atoms with Crippen molar-refractivity contribution in [2.75, 3.05) is 6.54 Å². The highest BCUT2D eigenvalue weighted by Gasteiger charge is 2.22. The lowest BCUT2D eigenvalue weighted by atomic mass is 10.0. The van der Waals surface area contributed by atoms with Gasteiger partial charge in [-0.15, -0.1) is 0 Å². The van der Waals surface area contributed by atoms with Crippen molar-refractivity contribution in [1.82, 2.24) is 29.8 Å². The zero-order valence-corrected chi connectivity index (χ0v) is 15.2. The van der Waals surface area contributed by atoms with E-state index < -0.39 is 0 Å². The zero-order valence-electron chi connectivity index (χ0n) is 15.2. The molecule has 0 radical (unpaired) electrons. The van der Waals surface area contributed by atoms with E-state index in [1.807, 2.05) is 30.3 Å². The lowest BCUT2D eigenvalue weighted by Gasteiger charge is -2.27. The van der Waals surface area contributed by atoms with Crippen LogP contribution in [0.15, 0.2) is 59.8 Å². The Kier molecular flexibility index (Phi) is 4.14. The molecule has 0 bridgehead atoms. The summed E-state index contributed by atoms with van der Waals surface area (Å²) in [6.07, 6.45) is 5.80. The molecule has 1 aliphatic rings. The molecule has 7 heteroatoms. The Morgan fingerprint density at radius 2 is 1.93 bits per heavy atom. The molecule has 0 atom stereocenters. The molecule has 5 rings (SSSR count). The Balaban J connectivity index is 1.46. The second kappa shape index (κ2) is 6.94. The van der Waals surface area contributed by atoms with Gasteiger partial charge in [0.25, 0.3) is 5.56 Å². The summed E-state index contributed by atoms with van der Waals surface area (Å²) in [5, 5.41) is 0. The average Bonchev–Trinajstić information content (AvgIpc) is 2.74. The highest BCUT2D eigenvalue weighted by Crippen LogP contribution is 2.21. The van der Waals surface area contributed by atoms with Crippen LogP contribution in [0.3, 0.4) is 0 Å². The van der Waals surface area contributed by atoms with Crippen molar-refractivity contribution in [3.8, 4) is 11.5 Å². The minimum absolute atomic E-state index is 0.0682. The lowest BCUT2D eigenvalue weighted by Crippen LogP contribution is -2.35. The summed E-state index contributed by atoms with van der Waals surface area (Å²) in [4.78, 5) is 35.6. The molecule has 0 amide bonds. The van der Waals surface area contributed by atoms with E-state index in [2.05, 4.69) is 30.9 Å². The first-order valence-electron chi connectivity index (χ1n) is 9.22. The van der Waals surface area contributed by atoms with Gasteiger partial charge in [-0.05, 0) is 30.2 Å². The third kappa shape index (κ3) is 3.05. The molecular formula is C21H18N6O. The molecule has 0 saturated heterocycles. The summed E-state index contributed by atoms with van der Waals surface area (Å²) in [6, 6.07) is 11.6. The maximum Gasteiger partial charge on any atom is 0.254 e. The molecule has 1 aromatic carbocycles. The molecule has 0 spiro atoms. The Hall–Kier alpha value is -3.45. The SMILES string of the molecule is O=c1[nH]c(-c2ccccn2)nc2c1CCN(Cc1cccc3nccnc13)C2. The second-order valence-electron chi connectivity index (χ2n) is 6.86. The summed E-state index contributed by atoms with van der Waals surface area (Å²) < 4.78 is 0. The lowest BCUT2D eigenvalue weighted by molar-refractivity contribution is 0.241. The number of hydrogen-bond acceptors (Lipinski definition) is 6. The summed E-state index contributed by atoms with van der Waals surface area (Å²) in [7, 11) is 0. The minimum Gasteiger partial charge on any atom is -0.305 e. The first-order chi connectivity index (χ1) is 13.8. The molecule has 1 N–H and O–H groups in total. The third-order valence-electron chi connectivity index (χ3n) is 5.04. The summed E-state index contributed by atoms with van der Waals surface area (Å²) >= 11 is 0. The number of benzene rings is 1. The van der Waals surface area contributed by atoms with E-state index in [0.717, 1.165) is 40.9 Å². The van der Waals surface area contributed by atoms with Crippen LogP contribution in [0.2, 0.25) is 0 Å². The fourth-order valence-electron chi connectivity index (χ4n) is 3.67. The number of aromatic amines is 1. The first-order valence-corrected chi connectivity index (χ1v) is 9.22. The quantitative estimate of drug-likeness (QED) is 0.596. The maximum absolute atomic E-state index is 12.5. The van der Waals surface area contributed by atoms with E-state index in [0.29, 0.717) is 24.5 Å². The predicted molar refractivity (Wildman–Crippen MR) is 105 cm³/mol.